The predicted molar refractivity (Wildman–Crippen MR) is 84.3 cm³/mol. The molecule has 0 radical (unpaired) electrons. The fraction of sp³-hybridized carbons (Fsp3) is 0.294. The molecule has 2 aromatic carbocycles. The maximum absolute atomic E-state index is 6.41. The molecule has 21 heavy (non-hydrogen) atoms. The number of rotatable bonds is 3. The molecule has 1 heterocycles. The van der Waals surface area contributed by atoms with Gasteiger partial charge in [0.25, 0.3) is 0 Å². The summed E-state index contributed by atoms with van der Waals surface area (Å²) in [5, 5.41) is 0.640. The van der Waals surface area contributed by atoms with Crippen LogP contribution in [0.2, 0.25) is 5.02 Å². The fourth-order valence-electron chi connectivity index (χ4n) is 2.70. The van der Waals surface area contributed by atoms with Gasteiger partial charge in [0.1, 0.15) is 11.5 Å². The Balaban J connectivity index is 1.96. The lowest BCUT2D eigenvalue weighted by molar-refractivity contribution is 0.288. The highest BCUT2D eigenvalue weighted by atomic mass is 35.5. The summed E-state index contributed by atoms with van der Waals surface area (Å²) in [7, 11) is 1.63. The number of methoxy groups -OCH3 is 1. The molecule has 110 valence electrons. The lowest BCUT2D eigenvalue weighted by Gasteiger charge is -2.21. The molecule has 0 saturated carbocycles. The molecule has 3 rings (SSSR count). The molecule has 3 nitrogen and oxygen atoms in total. The summed E-state index contributed by atoms with van der Waals surface area (Å²) in [5.74, 6) is 1.68. The molecule has 1 aliphatic heterocycles. The van der Waals surface area contributed by atoms with Crippen LogP contribution in [-0.4, -0.2) is 13.7 Å². The number of hydrogen-bond donors (Lipinski definition) is 1. The first-order valence-corrected chi connectivity index (χ1v) is 7.41. The van der Waals surface area contributed by atoms with Crippen LogP contribution in [0, 0.1) is 0 Å². The number of hydrogen-bond acceptors (Lipinski definition) is 3. The molecule has 0 aliphatic carbocycles. The van der Waals surface area contributed by atoms with Gasteiger partial charge in [-0.15, -0.1) is 0 Å². The van der Waals surface area contributed by atoms with Crippen molar-refractivity contribution in [3.8, 4) is 11.5 Å². The van der Waals surface area contributed by atoms with Crippen LogP contribution < -0.4 is 15.2 Å². The second-order valence-electron chi connectivity index (χ2n) is 5.18. The van der Waals surface area contributed by atoms with Crippen molar-refractivity contribution < 1.29 is 9.47 Å². The van der Waals surface area contributed by atoms with Gasteiger partial charge in [-0.2, -0.15) is 0 Å². The standard InChI is InChI=1S/C17H18ClNO2/c1-20-16-10-13(18)5-6-14(16)17(19)12-4-7-15-11(9-12)3-2-8-21-15/h4-7,9-10,17H,2-3,8,19H2,1H3. The van der Waals surface area contributed by atoms with E-state index in [1.54, 1.807) is 13.2 Å². The van der Waals surface area contributed by atoms with Gasteiger partial charge in [0.05, 0.1) is 19.8 Å². The molecule has 0 bridgehead atoms. The smallest absolute Gasteiger partial charge is 0.125 e. The number of fused-ring (bicyclic) bond motifs is 1. The zero-order valence-electron chi connectivity index (χ0n) is 11.9. The molecule has 0 amide bonds. The largest absolute Gasteiger partial charge is 0.496 e. The summed E-state index contributed by atoms with van der Waals surface area (Å²) in [5.41, 5.74) is 9.62. The van der Waals surface area contributed by atoms with Crippen LogP contribution in [0.5, 0.6) is 11.5 Å². The normalized spacial score (nSPS) is 15.0. The maximum Gasteiger partial charge on any atom is 0.125 e. The molecular weight excluding hydrogens is 286 g/mol. The van der Waals surface area contributed by atoms with Crippen molar-refractivity contribution in [1.82, 2.24) is 0 Å². The van der Waals surface area contributed by atoms with Gasteiger partial charge in [-0.05, 0) is 42.2 Å². The highest BCUT2D eigenvalue weighted by Crippen LogP contribution is 2.33. The van der Waals surface area contributed by atoms with Gasteiger partial charge in [0.15, 0.2) is 0 Å². The predicted octanol–water partition coefficient (Wildman–Crippen LogP) is 3.72. The lowest BCUT2D eigenvalue weighted by Crippen LogP contribution is -2.15. The highest BCUT2D eigenvalue weighted by Gasteiger charge is 2.17. The molecule has 0 aromatic heterocycles. The third-order valence-corrected chi connectivity index (χ3v) is 4.06. The number of ether oxygens (including phenoxy) is 2. The summed E-state index contributed by atoms with van der Waals surface area (Å²) >= 11 is 6.00. The third-order valence-electron chi connectivity index (χ3n) is 3.82. The summed E-state index contributed by atoms with van der Waals surface area (Å²) in [6.45, 7) is 0.795. The number of halogens is 1. The summed E-state index contributed by atoms with van der Waals surface area (Å²) in [4.78, 5) is 0. The van der Waals surface area contributed by atoms with E-state index in [0.717, 1.165) is 36.3 Å². The van der Waals surface area contributed by atoms with Gasteiger partial charge in [-0.1, -0.05) is 29.8 Å². The minimum atomic E-state index is -0.246. The second-order valence-corrected chi connectivity index (χ2v) is 5.62. The molecule has 1 unspecified atom stereocenters. The Morgan fingerprint density at radius 1 is 1.24 bits per heavy atom. The second kappa shape index (κ2) is 5.96. The molecule has 0 spiro atoms. The zero-order chi connectivity index (χ0) is 14.8. The molecule has 0 fully saturated rings. The molecule has 2 aromatic rings. The Kier molecular flexibility index (Phi) is 4.04. The van der Waals surface area contributed by atoms with Crippen LogP contribution in [0.15, 0.2) is 36.4 Å². The van der Waals surface area contributed by atoms with E-state index in [-0.39, 0.29) is 6.04 Å². The SMILES string of the molecule is COc1cc(Cl)ccc1C(N)c1ccc2c(c1)CCCO2. The van der Waals surface area contributed by atoms with Crippen molar-refractivity contribution in [2.75, 3.05) is 13.7 Å². The minimum absolute atomic E-state index is 0.246. The van der Waals surface area contributed by atoms with Crippen molar-refractivity contribution in [3.63, 3.8) is 0 Å². The van der Waals surface area contributed by atoms with E-state index < -0.39 is 0 Å². The van der Waals surface area contributed by atoms with Crippen molar-refractivity contribution in [2.45, 2.75) is 18.9 Å². The summed E-state index contributed by atoms with van der Waals surface area (Å²) < 4.78 is 11.0. The minimum Gasteiger partial charge on any atom is -0.496 e. The Bertz CT molecular complexity index is 657. The van der Waals surface area contributed by atoms with Gasteiger partial charge < -0.3 is 15.2 Å². The molecule has 2 N–H and O–H groups in total. The van der Waals surface area contributed by atoms with Crippen LogP contribution >= 0.6 is 11.6 Å². The van der Waals surface area contributed by atoms with E-state index in [2.05, 4.69) is 6.07 Å². The average molecular weight is 304 g/mol. The van der Waals surface area contributed by atoms with E-state index in [1.807, 2.05) is 24.3 Å². The number of aryl methyl sites for hydroxylation is 1. The summed E-state index contributed by atoms with van der Waals surface area (Å²) in [6.07, 6.45) is 2.09. The summed E-state index contributed by atoms with van der Waals surface area (Å²) in [6, 6.07) is 11.5. The molecular formula is C17H18ClNO2. The van der Waals surface area contributed by atoms with Gasteiger partial charge in [-0.25, -0.2) is 0 Å². The quantitative estimate of drug-likeness (QED) is 0.940. The van der Waals surface area contributed by atoms with E-state index in [4.69, 9.17) is 26.8 Å². The molecule has 0 saturated heterocycles. The van der Waals surface area contributed by atoms with E-state index in [0.29, 0.717) is 10.8 Å². The van der Waals surface area contributed by atoms with Crippen LogP contribution in [0.1, 0.15) is 29.2 Å². The molecule has 1 aliphatic rings. The van der Waals surface area contributed by atoms with Crippen LogP contribution in [0.3, 0.4) is 0 Å². The first-order valence-electron chi connectivity index (χ1n) is 7.03. The van der Waals surface area contributed by atoms with Gasteiger partial charge >= 0.3 is 0 Å². The molecule has 4 heteroatoms. The van der Waals surface area contributed by atoms with Gasteiger partial charge in [0.2, 0.25) is 0 Å². The Morgan fingerprint density at radius 3 is 2.90 bits per heavy atom. The van der Waals surface area contributed by atoms with E-state index >= 15 is 0 Å². The first kappa shape index (κ1) is 14.2. The van der Waals surface area contributed by atoms with Crippen molar-refractivity contribution >= 4 is 11.6 Å². The Morgan fingerprint density at radius 2 is 2.10 bits per heavy atom. The average Bonchev–Trinajstić information content (AvgIpc) is 2.53. The maximum atomic E-state index is 6.41. The van der Waals surface area contributed by atoms with Crippen molar-refractivity contribution in [3.05, 3.63) is 58.1 Å². The van der Waals surface area contributed by atoms with Crippen LogP contribution in [0.25, 0.3) is 0 Å². The fourth-order valence-corrected chi connectivity index (χ4v) is 2.86. The number of nitrogens with two attached hydrogens (primary N) is 1. The van der Waals surface area contributed by atoms with Crippen LogP contribution in [0.4, 0.5) is 0 Å². The zero-order valence-corrected chi connectivity index (χ0v) is 12.7. The van der Waals surface area contributed by atoms with E-state index in [9.17, 15) is 0 Å². The first-order chi connectivity index (χ1) is 10.2. The Labute approximate surface area is 129 Å². The number of benzene rings is 2. The van der Waals surface area contributed by atoms with Crippen molar-refractivity contribution in [2.24, 2.45) is 5.73 Å². The van der Waals surface area contributed by atoms with Crippen LogP contribution in [-0.2, 0) is 6.42 Å². The van der Waals surface area contributed by atoms with Gasteiger partial charge in [-0.3, -0.25) is 0 Å². The lowest BCUT2D eigenvalue weighted by atomic mass is 9.95. The van der Waals surface area contributed by atoms with Gasteiger partial charge in [0, 0.05) is 10.6 Å². The van der Waals surface area contributed by atoms with E-state index in [1.165, 1.54) is 5.56 Å². The third kappa shape index (κ3) is 2.85. The molecule has 1 atom stereocenters. The van der Waals surface area contributed by atoms with Crippen molar-refractivity contribution in [1.29, 1.82) is 0 Å². The monoisotopic (exact) mass is 303 g/mol. The topological polar surface area (TPSA) is 44.5 Å². The Hall–Kier alpha value is -1.71. The highest BCUT2D eigenvalue weighted by molar-refractivity contribution is 6.30.